The Labute approximate surface area is 209 Å². The van der Waals surface area contributed by atoms with Crippen LogP contribution < -0.4 is 19.7 Å². The predicted molar refractivity (Wildman–Crippen MR) is 141 cm³/mol. The van der Waals surface area contributed by atoms with Gasteiger partial charge in [-0.2, -0.15) is 4.98 Å². The minimum Gasteiger partial charge on any atom is -0.491 e. The van der Waals surface area contributed by atoms with Gasteiger partial charge in [-0.05, 0) is 43.5 Å². The van der Waals surface area contributed by atoms with E-state index in [1.54, 1.807) is 0 Å². The summed E-state index contributed by atoms with van der Waals surface area (Å²) in [5.74, 6) is 2.73. The highest BCUT2D eigenvalue weighted by atomic mass is 16.5. The van der Waals surface area contributed by atoms with Crippen LogP contribution >= 0.6 is 0 Å². The van der Waals surface area contributed by atoms with Crippen molar-refractivity contribution in [3.63, 3.8) is 0 Å². The molecule has 1 aromatic carbocycles. The number of piperazine rings is 1. The van der Waals surface area contributed by atoms with E-state index in [4.69, 9.17) is 9.47 Å². The molecule has 2 aliphatic heterocycles. The molecule has 1 fully saturated rings. The molecule has 2 aromatic rings. The summed E-state index contributed by atoms with van der Waals surface area (Å²) >= 11 is 0. The first kappa shape index (κ1) is 25.3. The molecule has 1 aromatic heterocycles. The number of carbonyl (C=O) groups excluding carboxylic acids is 1. The summed E-state index contributed by atoms with van der Waals surface area (Å²) < 4.78 is 11.9. The highest BCUT2D eigenvalue weighted by Gasteiger charge is 2.33. The molecule has 7 heteroatoms. The normalized spacial score (nSPS) is 17.7. The van der Waals surface area contributed by atoms with Gasteiger partial charge < -0.3 is 19.7 Å². The molecule has 0 unspecified atom stereocenters. The number of fused-ring (bicyclic) bond motifs is 1. The molecule has 0 bridgehead atoms. The van der Waals surface area contributed by atoms with Crippen LogP contribution in [0.15, 0.2) is 36.4 Å². The summed E-state index contributed by atoms with van der Waals surface area (Å²) in [6, 6.07) is 12.3. The van der Waals surface area contributed by atoms with Crippen molar-refractivity contribution in [3.8, 4) is 11.6 Å². The molecule has 1 amide bonds. The molecular formula is C28H40N4O3. The van der Waals surface area contributed by atoms with E-state index in [9.17, 15) is 4.79 Å². The zero-order chi connectivity index (χ0) is 24.8. The highest BCUT2D eigenvalue weighted by molar-refractivity contribution is 5.94. The monoisotopic (exact) mass is 480 g/mol. The summed E-state index contributed by atoms with van der Waals surface area (Å²) in [4.78, 5) is 21.5. The lowest BCUT2D eigenvalue weighted by molar-refractivity contribution is -0.117. The molecule has 190 valence electrons. The second kappa shape index (κ2) is 11.3. The minimum absolute atomic E-state index is 0.0128. The third-order valence-corrected chi connectivity index (χ3v) is 6.73. The van der Waals surface area contributed by atoms with E-state index in [0.717, 1.165) is 63.5 Å². The summed E-state index contributed by atoms with van der Waals surface area (Å²) in [6.45, 7) is 15.1. The quantitative estimate of drug-likeness (QED) is 0.497. The number of aromatic nitrogens is 1. The van der Waals surface area contributed by atoms with Crippen LogP contribution in [0.3, 0.4) is 0 Å². The van der Waals surface area contributed by atoms with Crippen LogP contribution in [0.25, 0.3) is 0 Å². The Morgan fingerprint density at radius 2 is 1.80 bits per heavy atom. The van der Waals surface area contributed by atoms with Crippen LogP contribution in [0.5, 0.6) is 11.6 Å². The Kier molecular flexibility index (Phi) is 8.16. The lowest BCUT2D eigenvalue weighted by Gasteiger charge is -2.36. The van der Waals surface area contributed by atoms with Gasteiger partial charge in [-0.1, -0.05) is 39.8 Å². The average molecular weight is 481 g/mol. The maximum atomic E-state index is 12.0. The SMILES string of the molecule is CC(C)COc1ccccc1N1CCN(CCCCOc2ccc3c(n2)NC(=O)CC3(C)C)CC1. The van der Waals surface area contributed by atoms with Gasteiger partial charge >= 0.3 is 0 Å². The molecule has 1 N–H and O–H groups in total. The number of hydrogen-bond donors (Lipinski definition) is 1. The number of nitrogens with zero attached hydrogens (tertiary/aromatic N) is 3. The van der Waals surface area contributed by atoms with Crippen molar-refractivity contribution < 1.29 is 14.3 Å². The second-order valence-electron chi connectivity index (χ2n) is 10.7. The number of pyridine rings is 1. The van der Waals surface area contributed by atoms with Gasteiger partial charge in [-0.15, -0.1) is 0 Å². The molecule has 7 nitrogen and oxygen atoms in total. The maximum Gasteiger partial charge on any atom is 0.226 e. The largest absolute Gasteiger partial charge is 0.491 e. The Morgan fingerprint density at radius 3 is 2.57 bits per heavy atom. The molecule has 0 atom stereocenters. The molecule has 3 heterocycles. The van der Waals surface area contributed by atoms with Gasteiger partial charge in [0.15, 0.2) is 0 Å². The molecule has 35 heavy (non-hydrogen) atoms. The molecular weight excluding hydrogens is 440 g/mol. The first-order valence-electron chi connectivity index (χ1n) is 12.9. The number of unbranched alkanes of at least 4 members (excludes halogenated alkanes) is 1. The fourth-order valence-electron chi connectivity index (χ4n) is 4.76. The Hall–Kier alpha value is -2.80. The number of ether oxygens (including phenoxy) is 2. The smallest absolute Gasteiger partial charge is 0.226 e. The summed E-state index contributed by atoms with van der Waals surface area (Å²) in [7, 11) is 0. The maximum absolute atomic E-state index is 12.0. The highest BCUT2D eigenvalue weighted by Crippen LogP contribution is 2.37. The zero-order valence-electron chi connectivity index (χ0n) is 21.7. The van der Waals surface area contributed by atoms with Crippen molar-refractivity contribution in [1.82, 2.24) is 9.88 Å². The Balaban J connectivity index is 1.17. The van der Waals surface area contributed by atoms with Crippen LogP contribution in [0.4, 0.5) is 11.5 Å². The van der Waals surface area contributed by atoms with Gasteiger partial charge in [0.1, 0.15) is 11.6 Å². The molecule has 2 aliphatic rings. The van der Waals surface area contributed by atoms with Crippen LogP contribution in [-0.2, 0) is 10.2 Å². The molecule has 4 rings (SSSR count). The molecule has 0 radical (unpaired) electrons. The van der Waals surface area contributed by atoms with E-state index >= 15 is 0 Å². The number of carbonyl (C=O) groups is 1. The summed E-state index contributed by atoms with van der Waals surface area (Å²) in [5.41, 5.74) is 2.08. The van der Waals surface area contributed by atoms with Gasteiger partial charge in [-0.25, -0.2) is 0 Å². The van der Waals surface area contributed by atoms with Crippen molar-refractivity contribution in [1.29, 1.82) is 0 Å². The van der Waals surface area contributed by atoms with Gasteiger partial charge in [-0.3, -0.25) is 9.69 Å². The summed E-state index contributed by atoms with van der Waals surface area (Å²) in [5, 5.41) is 2.88. The van der Waals surface area contributed by atoms with Crippen molar-refractivity contribution in [2.24, 2.45) is 5.92 Å². The predicted octanol–water partition coefficient (Wildman–Crippen LogP) is 4.72. The lowest BCUT2D eigenvalue weighted by Crippen LogP contribution is -2.46. The van der Waals surface area contributed by atoms with Crippen LogP contribution in [0.1, 0.15) is 52.5 Å². The van der Waals surface area contributed by atoms with Crippen molar-refractivity contribution in [3.05, 3.63) is 42.0 Å². The fourth-order valence-corrected chi connectivity index (χ4v) is 4.76. The number of amides is 1. The molecule has 0 saturated carbocycles. The van der Waals surface area contributed by atoms with Gasteiger partial charge in [0.25, 0.3) is 0 Å². The van der Waals surface area contributed by atoms with Crippen LogP contribution in [0.2, 0.25) is 0 Å². The minimum atomic E-state index is -0.198. The van der Waals surface area contributed by atoms with Crippen molar-refractivity contribution >= 4 is 17.4 Å². The van der Waals surface area contributed by atoms with E-state index in [2.05, 4.69) is 66.0 Å². The van der Waals surface area contributed by atoms with Gasteiger partial charge in [0, 0.05) is 49.6 Å². The number of hydrogen-bond acceptors (Lipinski definition) is 6. The summed E-state index contributed by atoms with van der Waals surface area (Å²) in [6.07, 6.45) is 2.54. The average Bonchev–Trinajstić information content (AvgIpc) is 2.82. The lowest BCUT2D eigenvalue weighted by atomic mass is 9.79. The van der Waals surface area contributed by atoms with E-state index in [1.165, 1.54) is 5.69 Å². The van der Waals surface area contributed by atoms with Gasteiger partial charge in [0.05, 0.1) is 18.9 Å². The number of para-hydroxylation sites is 2. The number of anilines is 2. The van der Waals surface area contributed by atoms with Gasteiger partial charge in [0.2, 0.25) is 11.8 Å². The van der Waals surface area contributed by atoms with E-state index < -0.39 is 0 Å². The van der Waals surface area contributed by atoms with E-state index in [0.29, 0.717) is 30.6 Å². The molecule has 0 aliphatic carbocycles. The molecule has 1 saturated heterocycles. The molecule has 0 spiro atoms. The third-order valence-electron chi connectivity index (χ3n) is 6.73. The standard InChI is InChI=1S/C28H40N4O3/c1-21(2)20-35-24-10-6-5-9-23(24)32-16-14-31(15-17-32)13-7-8-18-34-26-12-11-22-27(30-26)29-25(33)19-28(22,3)4/h5-6,9-12,21H,7-8,13-20H2,1-4H3,(H,29,30,33). The fraction of sp³-hybridized carbons (Fsp3) is 0.571. The Morgan fingerprint density at radius 1 is 1.03 bits per heavy atom. The van der Waals surface area contributed by atoms with E-state index in [-0.39, 0.29) is 11.3 Å². The first-order chi connectivity index (χ1) is 16.8. The third kappa shape index (κ3) is 6.66. The number of rotatable bonds is 10. The first-order valence-corrected chi connectivity index (χ1v) is 12.9. The Bertz CT molecular complexity index is 999. The van der Waals surface area contributed by atoms with Crippen molar-refractivity contribution in [2.75, 3.05) is 56.2 Å². The van der Waals surface area contributed by atoms with E-state index in [1.807, 2.05) is 18.2 Å². The second-order valence-corrected chi connectivity index (χ2v) is 10.7. The van der Waals surface area contributed by atoms with Crippen LogP contribution in [-0.4, -0.2) is 61.7 Å². The number of nitrogens with one attached hydrogen (secondary N) is 1. The number of benzene rings is 1. The topological polar surface area (TPSA) is 66.9 Å². The zero-order valence-corrected chi connectivity index (χ0v) is 21.7. The van der Waals surface area contributed by atoms with Crippen LogP contribution in [0, 0.1) is 5.92 Å². The van der Waals surface area contributed by atoms with Crippen molar-refractivity contribution in [2.45, 2.75) is 52.4 Å².